The maximum Gasteiger partial charge on any atom is 0.137 e. The third kappa shape index (κ3) is 3.08. The molecule has 2 aromatic carbocycles. The van der Waals surface area contributed by atoms with Gasteiger partial charge in [-0.3, -0.25) is 5.41 Å². The van der Waals surface area contributed by atoms with Gasteiger partial charge in [-0.15, -0.1) is 0 Å². The van der Waals surface area contributed by atoms with Crippen LogP contribution in [0.25, 0.3) is 0 Å². The van der Waals surface area contributed by atoms with Crippen LogP contribution >= 0.6 is 11.8 Å². The van der Waals surface area contributed by atoms with Crippen molar-refractivity contribution in [1.82, 2.24) is 0 Å². The summed E-state index contributed by atoms with van der Waals surface area (Å²) in [6.07, 6.45) is 0. The molecule has 104 valence electrons. The van der Waals surface area contributed by atoms with Crippen molar-refractivity contribution in [1.29, 1.82) is 5.41 Å². The summed E-state index contributed by atoms with van der Waals surface area (Å²) >= 11 is 0.997. The number of hydrogen-bond donors (Lipinski definition) is 2. The second-order valence-electron chi connectivity index (χ2n) is 3.95. The molecule has 0 saturated heterocycles. The van der Waals surface area contributed by atoms with Crippen LogP contribution in [0.2, 0.25) is 0 Å². The van der Waals surface area contributed by atoms with Crippen molar-refractivity contribution in [2.45, 2.75) is 9.79 Å². The first-order chi connectivity index (χ1) is 9.51. The number of nitrogen functional groups attached to an aromatic ring is 1. The second kappa shape index (κ2) is 5.92. The van der Waals surface area contributed by atoms with Crippen LogP contribution in [0.4, 0.5) is 8.78 Å². The van der Waals surface area contributed by atoms with E-state index in [4.69, 9.17) is 15.9 Å². The summed E-state index contributed by atoms with van der Waals surface area (Å²) in [5.74, 6) is -0.656. The number of methoxy groups -OCH3 is 1. The molecule has 0 unspecified atom stereocenters. The molecule has 3 nitrogen and oxygen atoms in total. The van der Waals surface area contributed by atoms with E-state index in [1.807, 2.05) is 0 Å². The van der Waals surface area contributed by atoms with Crippen molar-refractivity contribution >= 4 is 17.6 Å². The van der Waals surface area contributed by atoms with Crippen molar-refractivity contribution in [2.24, 2.45) is 5.73 Å². The second-order valence-corrected chi connectivity index (χ2v) is 5.04. The van der Waals surface area contributed by atoms with Crippen molar-refractivity contribution < 1.29 is 13.5 Å². The number of hydrogen-bond acceptors (Lipinski definition) is 3. The summed E-state index contributed by atoms with van der Waals surface area (Å²) in [7, 11) is 1.50. The van der Waals surface area contributed by atoms with E-state index < -0.39 is 11.6 Å². The number of rotatable bonds is 4. The van der Waals surface area contributed by atoms with Crippen molar-refractivity contribution in [3.8, 4) is 5.75 Å². The van der Waals surface area contributed by atoms with Crippen molar-refractivity contribution in [2.75, 3.05) is 7.11 Å². The van der Waals surface area contributed by atoms with E-state index in [1.165, 1.54) is 7.11 Å². The fourth-order valence-electron chi connectivity index (χ4n) is 1.61. The van der Waals surface area contributed by atoms with Gasteiger partial charge in [0.1, 0.15) is 23.2 Å². The monoisotopic (exact) mass is 294 g/mol. The highest BCUT2D eigenvalue weighted by Crippen LogP contribution is 2.34. The zero-order valence-electron chi connectivity index (χ0n) is 10.6. The van der Waals surface area contributed by atoms with Gasteiger partial charge in [0.15, 0.2) is 0 Å². The van der Waals surface area contributed by atoms with E-state index in [-0.39, 0.29) is 10.7 Å². The third-order valence-corrected chi connectivity index (χ3v) is 3.68. The molecule has 20 heavy (non-hydrogen) atoms. The fourth-order valence-corrected chi connectivity index (χ4v) is 2.65. The molecule has 2 aromatic rings. The van der Waals surface area contributed by atoms with E-state index in [1.54, 1.807) is 18.2 Å². The Morgan fingerprint density at radius 2 is 1.90 bits per heavy atom. The highest BCUT2D eigenvalue weighted by Gasteiger charge is 2.12. The number of nitrogens with two attached hydrogens (primary N) is 1. The smallest absolute Gasteiger partial charge is 0.137 e. The highest BCUT2D eigenvalue weighted by molar-refractivity contribution is 7.99. The van der Waals surface area contributed by atoms with Gasteiger partial charge < -0.3 is 10.5 Å². The molecule has 0 fully saturated rings. The van der Waals surface area contributed by atoms with Crippen LogP contribution in [0, 0.1) is 17.0 Å². The van der Waals surface area contributed by atoms with E-state index in [0.717, 1.165) is 30.0 Å². The van der Waals surface area contributed by atoms with Crippen LogP contribution < -0.4 is 10.5 Å². The maximum atomic E-state index is 13.7. The Balaban J connectivity index is 2.45. The minimum Gasteiger partial charge on any atom is -0.497 e. The standard InChI is InChI=1S/C14H12F2N2OS/c1-19-9-3-4-10(14(17)18)12(7-9)20-13-6-8(15)2-5-11(13)16/h2-7H,1H3,(H3,17,18). The Morgan fingerprint density at radius 3 is 2.55 bits per heavy atom. The molecule has 0 bridgehead atoms. The number of amidine groups is 1. The molecule has 0 aliphatic rings. The fraction of sp³-hybridized carbons (Fsp3) is 0.0714. The largest absolute Gasteiger partial charge is 0.497 e. The molecule has 0 atom stereocenters. The predicted molar refractivity (Wildman–Crippen MR) is 74.5 cm³/mol. The zero-order chi connectivity index (χ0) is 14.7. The normalized spacial score (nSPS) is 10.3. The molecule has 0 aliphatic carbocycles. The van der Waals surface area contributed by atoms with Crippen LogP contribution in [0.3, 0.4) is 0 Å². The number of nitrogens with one attached hydrogen (secondary N) is 1. The molecule has 0 saturated carbocycles. The molecule has 2 rings (SSSR count). The Labute approximate surface area is 119 Å². The Morgan fingerprint density at radius 1 is 1.15 bits per heavy atom. The van der Waals surface area contributed by atoms with Gasteiger partial charge in [0.05, 0.1) is 12.0 Å². The lowest BCUT2D eigenvalue weighted by molar-refractivity contribution is 0.413. The molecular formula is C14H12F2N2OS. The quantitative estimate of drug-likeness (QED) is 0.671. The van der Waals surface area contributed by atoms with Crippen molar-refractivity contribution in [3.05, 3.63) is 53.6 Å². The van der Waals surface area contributed by atoms with E-state index in [2.05, 4.69) is 0 Å². The Hall–Kier alpha value is -2.08. The lowest BCUT2D eigenvalue weighted by Gasteiger charge is -2.10. The van der Waals surface area contributed by atoms with Gasteiger partial charge in [-0.25, -0.2) is 8.78 Å². The van der Waals surface area contributed by atoms with Gasteiger partial charge in [0, 0.05) is 10.5 Å². The topological polar surface area (TPSA) is 59.1 Å². The van der Waals surface area contributed by atoms with Crippen molar-refractivity contribution in [3.63, 3.8) is 0 Å². The van der Waals surface area contributed by atoms with Crippen LogP contribution in [-0.4, -0.2) is 12.9 Å². The van der Waals surface area contributed by atoms with Gasteiger partial charge in [-0.05, 0) is 36.4 Å². The molecule has 6 heteroatoms. The van der Waals surface area contributed by atoms with Crippen LogP contribution in [0.15, 0.2) is 46.2 Å². The molecule has 0 aromatic heterocycles. The lowest BCUT2D eigenvalue weighted by Crippen LogP contribution is -2.12. The van der Waals surface area contributed by atoms with E-state index in [0.29, 0.717) is 16.2 Å². The average Bonchev–Trinajstić information content (AvgIpc) is 2.42. The molecular weight excluding hydrogens is 282 g/mol. The SMILES string of the molecule is COc1ccc(C(=N)N)c(Sc2cc(F)ccc2F)c1. The lowest BCUT2D eigenvalue weighted by atomic mass is 10.2. The van der Waals surface area contributed by atoms with E-state index >= 15 is 0 Å². The molecule has 0 aliphatic heterocycles. The van der Waals surface area contributed by atoms with Crippen LogP contribution in [-0.2, 0) is 0 Å². The van der Waals surface area contributed by atoms with Crippen LogP contribution in [0.1, 0.15) is 5.56 Å². The number of benzene rings is 2. The molecule has 3 N–H and O–H groups in total. The number of halogens is 2. The summed E-state index contributed by atoms with van der Waals surface area (Å²) in [5, 5.41) is 7.52. The maximum absolute atomic E-state index is 13.7. The third-order valence-electron chi connectivity index (χ3n) is 2.59. The summed E-state index contributed by atoms with van der Waals surface area (Å²) in [6.45, 7) is 0. The van der Waals surface area contributed by atoms with Gasteiger partial charge >= 0.3 is 0 Å². The summed E-state index contributed by atoms with van der Waals surface area (Å²) in [5.41, 5.74) is 5.93. The number of ether oxygens (including phenoxy) is 1. The first kappa shape index (κ1) is 14.3. The summed E-state index contributed by atoms with van der Waals surface area (Å²) in [4.78, 5) is 0.655. The highest BCUT2D eigenvalue weighted by atomic mass is 32.2. The van der Waals surface area contributed by atoms with Crippen LogP contribution in [0.5, 0.6) is 5.75 Å². The van der Waals surface area contributed by atoms with Gasteiger partial charge in [0.2, 0.25) is 0 Å². The first-order valence-electron chi connectivity index (χ1n) is 5.66. The average molecular weight is 294 g/mol. The minimum absolute atomic E-state index is 0.126. The van der Waals surface area contributed by atoms with Gasteiger partial charge in [0.25, 0.3) is 0 Å². The van der Waals surface area contributed by atoms with Gasteiger partial charge in [-0.1, -0.05) is 11.8 Å². The summed E-state index contributed by atoms with van der Waals surface area (Å²) < 4.78 is 31.9. The minimum atomic E-state index is -0.534. The summed E-state index contributed by atoms with van der Waals surface area (Å²) in [6, 6.07) is 8.11. The van der Waals surface area contributed by atoms with Gasteiger partial charge in [-0.2, -0.15) is 0 Å². The zero-order valence-corrected chi connectivity index (χ0v) is 11.4. The first-order valence-corrected chi connectivity index (χ1v) is 6.48. The molecule has 0 heterocycles. The Bertz CT molecular complexity index is 662. The predicted octanol–water partition coefficient (Wildman–Crippen LogP) is 3.41. The molecule has 0 radical (unpaired) electrons. The Kier molecular flexibility index (Phi) is 4.24. The molecule has 0 spiro atoms. The molecule has 0 amide bonds. The van der Waals surface area contributed by atoms with E-state index in [9.17, 15) is 8.78 Å².